The molecule has 21 heavy (non-hydrogen) atoms. The average Bonchev–Trinajstić information content (AvgIpc) is 2.48. The lowest BCUT2D eigenvalue weighted by Crippen LogP contribution is -2.22. The van der Waals surface area contributed by atoms with E-state index in [1.54, 1.807) is 7.11 Å². The van der Waals surface area contributed by atoms with E-state index in [0.29, 0.717) is 15.8 Å². The van der Waals surface area contributed by atoms with E-state index in [-0.39, 0.29) is 6.04 Å². The molecule has 0 aliphatic carbocycles. The predicted molar refractivity (Wildman–Crippen MR) is 92.7 cm³/mol. The number of hydrogen-bond acceptors (Lipinski definition) is 2. The third kappa shape index (κ3) is 3.92. The maximum absolute atomic E-state index is 6.23. The maximum atomic E-state index is 6.23. The van der Waals surface area contributed by atoms with Gasteiger partial charge in [0, 0.05) is 4.47 Å². The molecule has 112 valence electrons. The molecule has 2 aromatic rings. The number of hydrogen-bond donors (Lipinski definition) is 1. The highest BCUT2D eigenvalue weighted by atomic mass is 79.9. The van der Waals surface area contributed by atoms with Gasteiger partial charge in [-0.05, 0) is 57.9 Å². The highest BCUT2D eigenvalue weighted by Crippen LogP contribution is 2.32. The van der Waals surface area contributed by atoms with Gasteiger partial charge in [-0.1, -0.05) is 42.3 Å². The molecule has 1 atom stereocenters. The molecule has 0 fully saturated rings. The van der Waals surface area contributed by atoms with Gasteiger partial charge in [-0.2, -0.15) is 0 Å². The van der Waals surface area contributed by atoms with E-state index in [2.05, 4.69) is 28.2 Å². The van der Waals surface area contributed by atoms with Crippen LogP contribution in [0.1, 0.15) is 24.1 Å². The highest BCUT2D eigenvalue weighted by molar-refractivity contribution is 9.10. The van der Waals surface area contributed by atoms with Gasteiger partial charge in [0.1, 0.15) is 5.75 Å². The zero-order valence-electron chi connectivity index (χ0n) is 11.8. The van der Waals surface area contributed by atoms with Crippen LogP contribution < -0.4 is 10.1 Å². The van der Waals surface area contributed by atoms with E-state index in [9.17, 15) is 0 Å². The first-order valence-electron chi connectivity index (χ1n) is 6.58. The third-order valence-corrected chi connectivity index (χ3v) is 4.72. The molecule has 2 nitrogen and oxygen atoms in total. The fourth-order valence-corrected chi connectivity index (χ4v) is 2.89. The third-order valence-electron chi connectivity index (χ3n) is 3.19. The SMILES string of the molecule is CCNC(c1ccc(Br)c(Cl)c1)c1ccc(OC)c(Cl)c1. The second kappa shape index (κ2) is 7.50. The Balaban J connectivity index is 2.42. The smallest absolute Gasteiger partial charge is 0.137 e. The molecular weight excluding hydrogens is 373 g/mol. The van der Waals surface area contributed by atoms with E-state index >= 15 is 0 Å². The molecule has 5 heteroatoms. The van der Waals surface area contributed by atoms with E-state index < -0.39 is 0 Å². The van der Waals surface area contributed by atoms with E-state index in [0.717, 1.165) is 22.1 Å². The van der Waals surface area contributed by atoms with Gasteiger partial charge in [-0.3, -0.25) is 0 Å². The first-order chi connectivity index (χ1) is 10.1. The summed E-state index contributed by atoms with van der Waals surface area (Å²) in [4.78, 5) is 0. The Morgan fingerprint density at radius 1 is 1.10 bits per heavy atom. The van der Waals surface area contributed by atoms with Crippen molar-refractivity contribution in [3.05, 3.63) is 62.0 Å². The first-order valence-corrected chi connectivity index (χ1v) is 8.13. The molecule has 2 aromatic carbocycles. The number of rotatable bonds is 5. The molecule has 0 aliphatic heterocycles. The Hall–Kier alpha value is -0.740. The Morgan fingerprint density at radius 2 is 1.71 bits per heavy atom. The van der Waals surface area contributed by atoms with Crippen LogP contribution in [-0.2, 0) is 0 Å². The Bertz CT molecular complexity index is 634. The normalized spacial score (nSPS) is 12.2. The lowest BCUT2D eigenvalue weighted by molar-refractivity contribution is 0.414. The quantitative estimate of drug-likeness (QED) is 0.733. The molecule has 0 spiro atoms. The summed E-state index contributed by atoms with van der Waals surface area (Å²) in [7, 11) is 1.61. The van der Waals surface area contributed by atoms with E-state index in [4.69, 9.17) is 27.9 Å². The van der Waals surface area contributed by atoms with Crippen molar-refractivity contribution in [3.63, 3.8) is 0 Å². The maximum Gasteiger partial charge on any atom is 0.137 e. The van der Waals surface area contributed by atoms with E-state index in [1.807, 2.05) is 36.4 Å². The molecule has 2 rings (SSSR count). The summed E-state index contributed by atoms with van der Waals surface area (Å²) in [6.45, 7) is 2.90. The lowest BCUT2D eigenvalue weighted by Gasteiger charge is -2.20. The van der Waals surface area contributed by atoms with Crippen LogP contribution in [0.2, 0.25) is 10.0 Å². The largest absolute Gasteiger partial charge is 0.495 e. The second-order valence-electron chi connectivity index (χ2n) is 4.56. The molecule has 1 unspecified atom stereocenters. The zero-order valence-corrected chi connectivity index (χ0v) is 14.9. The minimum absolute atomic E-state index is 0.0315. The van der Waals surface area contributed by atoms with Crippen LogP contribution in [0, 0.1) is 0 Å². The lowest BCUT2D eigenvalue weighted by atomic mass is 9.98. The van der Waals surface area contributed by atoms with Crippen LogP contribution >= 0.6 is 39.1 Å². The number of nitrogens with one attached hydrogen (secondary N) is 1. The Morgan fingerprint density at radius 3 is 2.24 bits per heavy atom. The summed E-state index contributed by atoms with van der Waals surface area (Å²) < 4.78 is 6.09. The second-order valence-corrected chi connectivity index (χ2v) is 6.23. The van der Waals surface area contributed by atoms with Gasteiger partial charge in [0.2, 0.25) is 0 Å². The van der Waals surface area contributed by atoms with Crippen LogP contribution in [0.25, 0.3) is 0 Å². The van der Waals surface area contributed by atoms with Gasteiger partial charge in [0.25, 0.3) is 0 Å². The number of benzene rings is 2. The first kappa shape index (κ1) is 16.6. The minimum Gasteiger partial charge on any atom is -0.495 e. The van der Waals surface area contributed by atoms with Crippen molar-refractivity contribution in [3.8, 4) is 5.75 Å². The Kier molecular flexibility index (Phi) is 5.94. The summed E-state index contributed by atoms with van der Waals surface area (Å²) in [5, 5.41) is 4.74. The fourth-order valence-electron chi connectivity index (χ4n) is 2.19. The van der Waals surface area contributed by atoms with Gasteiger partial charge in [0.05, 0.1) is 23.2 Å². The van der Waals surface area contributed by atoms with Crippen molar-refractivity contribution in [2.45, 2.75) is 13.0 Å². The van der Waals surface area contributed by atoms with Crippen LogP contribution in [-0.4, -0.2) is 13.7 Å². The van der Waals surface area contributed by atoms with Gasteiger partial charge >= 0.3 is 0 Å². The van der Waals surface area contributed by atoms with Crippen LogP contribution in [0.4, 0.5) is 0 Å². The monoisotopic (exact) mass is 387 g/mol. The van der Waals surface area contributed by atoms with Gasteiger partial charge < -0.3 is 10.1 Å². The topological polar surface area (TPSA) is 21.3 Å². The number of ether oxygens (including phenoxy) is 1. The number of methoxy groups -OCH3 is 1. The molecule has 0 aromatic heterocycles. The Labute approximate surface area is 143 Å². The highest BCUT2D eigenvalue weighted by Gasteiger charge is 2.15. The van der Waals surface area contributed by atoms with Crippen LogP contribution in [0.3, 0.4) is 0 Å². The molecule has 0 heterocycles. The molecular formula is C16H16BrCl2NO. The fraction of sp³-hybridized carbons (Fsp3) is 0.250. The van der Waals surface area contributed by atoms with Crippen molar-refractivity contribution in [2.75, 3.05) is 13.7 Å². The van der Waals surface area contributed by atoms with Gasteiger partial charge in [-0.15, -0.1) is 0 Å². The molecule has 0 saturated heterocycles. The summed E-state index contributed by atoms with van der Waals surface area (Å²) in [5.41, 5.74) is 2.16. The minimum atomic E-state index is 0.0315. The summed E-state index contributed by atoms with van der Waals surface area (Å²) in [6, 6.07) is 11.8. The van der Waals surface area contributed by atoms with Crippen molar-refractivity contribution in [1.29, 1.82) is 0 Å². The van der Waals surface area contributed by atoms with Crippen molar-refractivity contribution < 1.29 is 4.74 Å². The summed E-state index contributed by atoms with van der Waals surface area (Å²) in [6.07, 6.45) is 0. The number of halogens is 3. The molecule has 0 amide bonds. The predicted octanol–water partition coefficient (Wildman–Crippen LogP) is 5.46. The van der Waals surface area contributed by atoms with Gasteiger partial charge in [-0.25, -0.2) is 0 Å². The summed E-state index contributed by atoms with van der Waals surface area (Å²) in [5.74, 6) is 0.671. The molecule has 0 saturated carbocycles. The average molecular weight is 389 g/mol. The standard InChI is InChI=1S/C16H16BrCl2NO/c1-3-20-16(10-4-6-12(17)13(18)8-10)11-5-7-15(21-2)14(19)9-11/h4-9,16,20H,3H2,1-2H3. The molecule has 0 aliphatic rings. The zero-order chi connectivity index (χ0) is 15.4. The molecule has 0 radical (unpaired) electrons. The van der Waals surface area contributed by atoms with Crippen LogP contribution in [0.5, 0.6) is 5.75 Å². The van der Waals surface area contributed by atoms with Gasteiger partial charge in [0.15, 0.2) is 0 Å². The van der Waals surface area contributed by atoms with Crippen molar-refractivity contribution >= 4 is 39.1 Å². The van der Waals surface area contributed by atoms with Crippen molar-refractivity contribution in [2.24, 2.45) is 0 Å². The van der Waals surface area contributed by atoms with Crippen LogP contribution in [0.15, 0.2) is 40.9 Å². The molecule has 0 bridgehead atoms. The van der Waals surface area contributed by atoms with Crippen molar-refractivity contribution in [1.82, 2.24) is 5.32 Å². The summed E-state index contributed by atoms with van der Waals surface area (Å²) >= 11 is 15.8. The molecule has 1 N–H and O–H groups in total. The van der Waals surface area contributed by atoms with E-state index in [1.165, 1.54) is 0 Å².